The van der Waals surface area contributed by atoms with Crippen LogP contribution in [0.1, 0.15) is 19.4 Å². The maximum Gasteiger partial charge on any atom is 0.0279 e. The van der Waals surface area contributed by atoms with Gasteiger partial charge in [0.05, 0.1) is 0 Å². The Morgan fingerprint density at radius 2 is 1.95 bits per heavy atom. The van der Waals surface area contributed by atoms with Gasteiger partial charge in [0, 0.05) is 33.2 Å². The number of aromatic nitrogens is 1. The molecule has 20 heavy (non-hydrogen) atoms. The van der Waals surface area contributed by atoms with Gasteiger partial charge in [-0.15, -0.1) is 0 Å². The second-order valence-electron chi connectivity index (χ2n) is 5.06. The average Bonchev–Trinajstić information content (AvgIpc) is 2.42. The van der Waals surface area contributed by atoms with E-state index in [0.29, 0.717) is 5.92 Å². The molecule has 4 heteroatoms. The summed E-state index contributed by atoms with van der Waals surface area (Å²) in [5.74, 6) is 0.665. The van der Waals surface area contributed by atoms with E-state index in [-0.39, 0.29) is 0 Å². The highest BCUT2D eigenvalue weighted by molar-refractivity contribution is 9.10. The first-order chi connectivity index (χ1) is 9.65. The van der Waals surface area contributed by atoms with Gasteiger partial charge >= 0.3 is 0 Å². The number of halogens is 1. The first-order valence-electron chi connectivity index (χ1n) is 6.72. The standard InChI is InChI=1S/C16H19BrN2S/c1-12(2)10-19-11-13-9-14(17)3-4-16(13)20-15-5-7-18-8-6-15/h3-9,12,19H,10-11H2,1-2H3. The van der Waals surface area contributed by atoms with Crippen LogP contribution in [0.15, 0.2) is 57.0 Å². The Bertz CT molecular complexity index is 543. The minimum Gasteiger partial charge on any atom is -0.312 e. The van der Waals surface area contributed by atoms with Crippen molar-refractivity contribution in [2.24, 2.45) is 5.92 Å². The van der Waals surface area contributed by atoms with Crippen molar-refractivity contribution in [1.29, 1.82) is 0 Å². The third-order valence-corrected chi connectivity index (χ3v) is 4.39. The van der Waals surface area contributed by atoms with E-state index in [1.807, 2.05) is 24.5 Å². The van der Waals surface area contributed by atoms with E-state index in [4.69, 9.17) is 0 Å². The normalized spacial score (nSPS) is 11.0. The van der Waals surface area contributed by atoms with Crippen LogP contribution < -0.4 is 5.32 Å². The lowest BCUT2D eigenvalue weighted by molar-refractivity contribution is 0.550. The van der Waals surface area contributed by atoms with E-state index in [0.717, 1.165) is 17.6 Å². The topological polar surface area (TPSA) is 24.9 Å². The molecule has 0 fully saturated rings. The summed E-state index contributed by atoms with van der Waals surface area (Å²) in [5, 5.41) is 3.51. The molecule has 0 saturated heterocycles. The van der Waals surface area contributed by atoms with Crippen molar-refractivity contribution < 1.29 is 0 Å². The van der Waals surface area contributed by atoms with Crippen molar-refractivity contribution in [3.63, 3.8) is 0 Å². The van der Waals surface area contributed by atoms with E-state index < -0.39 is 0 Å². The Morgan fingerprint density at radius 1 is 1.20 bits per heavy atom. The van der Waals surface area contributed by atoms with Crippen LogP contribution >= 0.6 is 27.7 Å². The third-order valence-electron chi connectivity index (χ3n) is 2.77. The van der Waals surface area contributed by atoms with Gasteiger partial charge in [0.2, 0.25) is 0 Å². The van der Waals surface area contributed by atoms with Crippen LogP contribution in [-0.4, -0.2) is 11.5 Å². The molecule has 1 N–H and O–H groups in total. The van der Waals surface area contributed by atoms with Gasteiger partial charge in [0.15, 0.2) is 0 Å². The summed E-state index contributed by atoms with van der Waals surface area (Å²) < 4.78 is 1.12. The zero-order valence-electron chi connectivity index (χ0n) is 11.8. The molecule has 0 aliphatic rings. The number of nitrogens with one attached hydrogen (secondary N) is 1. The number of hydrogen-bond donors (Lipinski definition) is 1. The first-order valence-corrected chi connectivity index (χ1v) is 8.33. The summed E-state index contributed by atoms with van der Waals surface area (Å²) in [7, 11) is 0. The van der Waals surface area contributed by atoms with Gasteiger partial charge in [0.1, 0.15) is 0 Å². The Hall–Kier alpha value is -0.840. The van der Waals surface area contributed by atoms with Crippen LogP contribution in [0.2, 0.25) is 0 Å². The van der Waals surface area contributed by atoms with E-state index in [2.05, 4.69) is 58.3 Å². The van der Waals surface area contributed by atoms with Crippen molar-refractivity contribution in [3.8, 4) is 0 Å². The van der Waals surface area contributed by atoms with Crippen molar-refractivity contribution >= 4 is 27.7 Å². The van der Waals surface area contributed by atoms with Crippen LogP contribution in [0, 0.1) is 5.92 Å². The smallest absolute Gasteiger partial charge is 0.0279 e. The predicted molar refractivity (Wildman–Crippen MR) is 89.0 cm³/mol. The van der Waals surface area contributed by atoms with Crippen LogP contribution in [0.25, 0.3) is 0 Å². The number of hydrogen-bond acceptors (Lipinski definition) is 3. The molecular weight excluding hydrogens is 332 g/mol. The Balaban J connectivity index is 2.11. The lowest BCUT2D eigenvalue weighted by Crippen LogP contribution is -2.19. The average molecular weight is 351 g/mol. The highest BCUT2D eigenvalue weighted by Crippen LogP contribution is 2.31. The van der Waals surface area contributed by atoms with Crippen LogP contribution in [0.4, 0.5) is 0 Å². The molecule has 2 nitrogen and oxygen atoms in total. The zero-order chi connectivity index (χ0) is 14.4. The molecule has 1 aromatic heterocycles. The quantitative estimate of drug-likeness (QED) is 0.814. The minimum atomic E-state index is 0.665. The molecule has 0 amide bonds. The Kier molecular flexibility index (Phi) is 6.07. The lowest BCUT2D eigenvalue weighted by atomic mass is 10.2. The zero-order valence-corrected chi connectivity index (χ0v) is 14.2. The van der Waals surface area contributed by atoms with E-state index in [1.165, 1.54) is 15.4 Å². The molecule has 0 bridgehead atoms. The fourth-order valence-corrected chi connectivity index (χ4v) is 3.13. The second-order valence-corrected chi connectivity index (χ2v) is 7.09. The van der Waals surface area contributed by atoms with Gasteiger partial charge in [-0.3, -0.25) is 4.98 Å². The number of pyridine rings is 1. The SMILES string of the molecule is CC(C)CNCc1cc(Br)ccc1Sc1ccncc1. The van der Waals surface area contributed by atoms with Crippen LogP contribution in [0.5, 0.6) is 0 Å². The molecule has 0 spiro atoms. The Morgan fingerprint density at radius 3 is 2.65 bits per heavy atom. The molecule has 0 radical (unpaired) electrons. The summed E-state index contributed by atoms with van der Waals surface area (Å²) in [5.41, 5.74) is 1.32. The minimum absolute atomic E-state index is 0.665. The number of benzene rings is 1. The van der Waals surface area contributed by atoms with E-state index in [9.17, 15) is 0 Å². The molecule has 106 valence electrons. The van der Waals surface area contributed by atoms with Crippen molar-refractivity contribution in [2.75, 3.05) is 6.54 Å². The molecule has 0 atom stereocenters. The summed E-state index contributed by atoms with van der Waals surface area (Å²) in [4.78, 5) is 6.56. The molecule has 0 unspecified atom stereocenters. The molecule has 0 saturated carbocycles. The Labute approximate surface area is 133 Å². The molecule has 0 aliphatic heterocycles. The third kappa shape index (κ3) is 4.93. The van der Waals surface area contributed by atoms with Crippen LogP contribution in [0.3, 0.4) is 0 Å². The van der Waals surface area contributed by atoms with Crippen molar-refractivity contribution in [1.82, 2.24) is 10.3 Å². The van der Waals surface area contributed by atoms with Gasteiger partial charge in [-0.05, 0) is 48.4 Å². The molecule has 0 aliphatic carbocycles. The molecule has 1 aromatic carbocycles. The van der Waals surface area contributed by atoms with Crippen LogP contribution in [-0.2, 0) is 6.54 Å². The summed E-state index contributed by atoms with van der Waals surface area (Å²) in [6, 6.07) is 10.5. The van der Waals surface area contributed by atoms with E-state index in [1.54, 1.807) is 11.8 Å². The molecule has 2 rings (SSSR count). The number of nitrogens with zero attached hydrogens (tertiary/aromatic N) is 1. The maximum atomic E-state index is 4.06. The predicted octanol–water partition coefficient (Wildman–Crippen LogP) is 4.74. The molecular formula is C16H19BrN2S. The number of rotatable bonds is 6. The summed E-state index contributed by atoms with van der Waals surface area (Å²) >= 11 is 5.34. The summed E-state index contributed by atoms with van der Waals surface area (Å²) in [6.07, 6.45) is 3.66. The van der Waals surface area contributed by atoms with E-state index >= 15 is 0 Å². The highest BCUT2D eigenvalue weighted by atomic mass is 79.9. The largest absolute Gasteiger partial charge is 0.312 e. The fourth-order valence-electron chi connectivity index (χ4n) is 1.81. The highest BCUT2D eigenvalue weighted by Gasteiger charge is 2.06. The maximum absolute atomic E-state index is 4.06. The first kappa shape index (κ1) is 15.5. The van der Waals surface area contributed by atoms with Gasteiger partial charge in [0.25, 0.3) is 0 Å². The van der Waals surface area contributed by atoms with Crippen molar-refractivity contribution in [3.05, 3.63) is 52.8 Å². The monoisotopic (exact) mass is 350 g/mol. The summed E-state index contributed by atoms with van der Waals surface area (Å²) in [6.45, 7) is 6.37. The lowest BCUT2D eigenvalue weighted by Gasteiger charge is -2.12. The molecule has 1 heterocycles. The second kappa shape index (κ2) is 7.81. The van der Waals surface area contributed by atoms with Gasteiger partial charge < -0.3 is 5.32 Å². The molecule has 2 aromatic rings. The van der Waals surface area contributed by atoms with Gasteiger partial charge in [-0.25, -0.2) is 0 Å². The fraction of sp³-hybridized carbons (Fsp3) is 0.312. The van der Waals surface area contributed by atoms with Gasteiger partial charge in [-0.2, -0.15) is 0 Å². The van der Waals surface area contributed by atoms with Crippen molar-refractivity contribution in [2.45, 2.75) is 30.2 Å². The van der Waals surface area contributed by atoms with Gasteiger partial charge in [-0.1, -0.05) is 41.5 Å².